The molecule has 0 aliphatic heterocycles. The topological polar surface area (TPSA) is 127 Å². The molecular weight excluding hydrogens is 148 g/mol. The van der Waals surface area contributed by atoms with Gasteiger partial charge in [-0.2, -0.15) is 0 Å². The highest BCUT2D eigenvalue weighted by atomic mass is 16.4. The predicted molar refractivity (Wildman–Crippen MR) is 40.6 cm³/mol. The number of amides is 1. The summed E-state index contributed by atoms with van der Waals surface area (Å²) in [7, 11) is 0. The van der Waals surface area contributed by atoms with Gasteiger partial charge in [0.05, 0.1) is 0 Å². The Morgan fingerprint density at radius 1 is 1.45 bits per heavy atom. The van der Waals surface area contributed by atoms with E-state index in [9.17, 15) is 4.79 Å². The lowest BCUT2D eigenvalue weighted by atomic mass is 10.2. The number of nitrogens with one attached hydrogen (secondary N) is 1. The molecule has 6 heteroatoms. The molecule has 0 aliphatic rings. The molecule has 0 spiro atoms. The standard InChI is InChI=1S/C5H14N4O2/c6-5(7,8)2-1-3-9-4(10)11/h9H,1-3,6-8H2,(H,10,11). The summed E-state index contributed by atoms with van der Waals surface area (Å²) in [6.45, 7) is 0.322. The lowest BCUT2D eigenvalue weighted by Gasteiger charge is -2.17. The lowest BCUT2D eigenvalue weighted by Crippen LogP contribution is -2.58. The molecule has 0 heterocycles. The first-order valence-electron chi connectivity index (χ1n) is 3.25. The zero-order valence-electron chi connectivity index (χ0n) is 6.21. The molecule has 0 radical (unpaired) electrons. The number of carbonyl (C=O) groups is 1. The molecule has 0 aromatic heterocycles. The Bertz CT molecular complexity index is 131. The van der Waals surface area contributed by atoms with E-state index in [-0.39, 0.29) is 0 Å². The van der Waals surface area contributed by atoms with Gasteiger partial charge in [-0.3, -0.25) is 0 Å². The molecule has 6 nitrogen and oxygen atoms in total. The highest BCUT2D eigenvalue weighted by Crippen LogP contribution is 1.92. The van der Waals surface area contributed by atoms with E-state index in [1.165, 1.54) is 0 Å². The van der Waals surface area contributed by atoms with E-state index < -0.39 is 11.9 Å². The van der Waals surface area contributed by atoms with Crippen molar-refractivity contribution in [2.24, 2.45) is 17.2 Å². The minimum Gasteiger partial charge on any atom is -0.465 e. The van der Waals surface area contributed by atoms with Gasteiger partial charge in [0.1, 0.15) is 5.79 Å². The summed E-state index contributed by atoms with van der Waals surface area (Å²) in [4.78, 5) is 9.92. The molecule has 0 fully saturated rings. The molecular formula is C5H14N4O2. The third-order valence-electron chi connectivity index (χ3n) is 1.06. The Hall–Kier alpha value is -0.850. The molecule has 11 heavy (non-hydrogen) atoms. The van der Waals surface area contributed by atoms with E-state index in [2.05, 4.69) is 5.32 Å². The van der Waals surface area contributed by atoms with Crippen molar-refractivity contribution in [3.63, 3.8) is 0 Å². The van der Waals surface area contributed by atoms with Crippen LogP contribution in [-0.2, 0) is 0 Å². The first kappa shape index (κ1) is 10.2. The maximum absolute atomic E-state index is 9.92. The molecule has 0 aromatic carbocycles. The van der Waals surface area contributed by atoms with Gasteiger partial charge in [0.15, 0.2) is 0 Å². The van der Waals surface area contributed by atoms with Gasteiger partial charge in [-0.25, -0.2) is 4.79 Å². The second kappa shape index (κ2) is 4.12. The van der Waals surface area contributed by atoms with E-state index in [4.69, 9.17) is 22.3 Å². The largest absolute Gasteiger partial charge is 0.465 e. The third kappa shape index (κ3) is 9.15. The average molecular weight is 162 g/mol. The van der Waals surface area contributed by atoms with Crippen LogP contribution in [0.1, 0.15) is 12.8 Å². The molecule has 0 rings (SSSR count). The van der Waals surface area contributed by atoms with E-state index in [0.29, 0.717) is 19.4 Å². The van der Waals surface area contributed by atoms with Crippen molar-refractivity contribution in [2.45, 2.75) is 18.6 Å². The second-order valence-electron chi connectivity index (χ2n) is 2.45. The summed E-state index contributed by atoms with van der Waals surface area (Å²) in [6, 6.07) is 0. The molecule has 0 aromatic rings. The fourth-order valence-electron chi connectivity index (χ4n) is 0.590. The molecule has 0 saturated heterocycles. The smallest absolute Gasteiger partial charge is 0.404 e. The van der Waals surface area contributed by atoms with E-state index in [1.807, 2.05) is 0 Å². The molecule has 0 bridgehead atoms. The highest BCUT2D eigenvalue weighted by molar-refractivity contribution is 5.64. The molecule has 66 valence electrons. The summed E-state index contributed by atoms with van der Waals surface area (Å²) in [5.74, 6) is -1.19. The first-order chi connectivity index (χ1) is 4.92. The van der Waals surface area contributed by atoms with Crippen molar-refractivity contribution < 1.29 is 9.90 Å². The van der Waals surface area contributed by atoms with Gasteiger partial charge < -0.3 is 27.6 Å². The summed E-state index contributed by atoms with van der Waals surface area (Å²) in [5, 5.41) is 10.3. The molecule has 0 atom stereocenters. The normalized spacial score (nSPS) is 11.2. The molecule has 8 N–H and O–H groups in total. The molecule has 0 unspecified atom stereocenters. The Kier molecular flexibility index (Phi) is 3.80. The average Bonchev–Trinajstić information content (AvgIpc) is 1.78. The van der Waals surface area contributed by atoms with Gasteiger partial charge in [0, 0.05) is 6.54 Å². The van der Waals surface area contributed by atoms with E-state index in [1.54, 1.807) is 0 Å². The minimum absolute atomic E-state index is 0.322. The van der Waals surface area contributed by atoms with Gasteiger partial charge >= 0.3 is 6.09 Å². The van der Waals surface area contributed by atoms with Gasteiger partial charge in [0.2, 0.25) is 0 Å². The third-order valence-corrected chi connectivity index (χ3v) is 1.06. The van der Waals surface area contributed by atoms with Crippen LogP contribution in [0.25, 0.3) is 0 Å². The summed E-state index contributed by atoms with van der Waals surface area (Å²) < 4.78 is 0. The first-order valence-corrected chi connectivity index (χ1v) is 3.25. The van der Waals surface area contributed by atoms with Crippen LogP contribution in [0.3, 0.4) is 0 Å². The SMILES string of the molecule is NC(N)(N)CCCNC(=O)O. The van der Waals surface area contributed by atoms with Crippen molar-refractivity contribution in [1.82, 2.24) is 5.32 Å². The van der Waals surface area contributed by atoms with Crippen molar-refractivity contribution in [2.75, 3.05) is 6.54 Å². The van der Waals surface area contributed by atoms with Crippen LogP contribution in [-0.4, -0.2) is 23.5 Å². The number of carboxylic acid groups (broad SMARTS) is 1. The zero-order valence-corrected chi connectivity index (χ0v) is 6.21. The van der Waals surface area contributed by atoms with Crippen molar-refractivity contribution >= 4 is 6.09 Å². The quantitative estimate of drug-likeness (QED) is 0.255. The van der Waals surface area contributed by atoms with Gasteiger partial charge in [-0.05, 0) is 12.8 Å². The molecule has 1 amide bonds. The minimum atomic E-state index is -1.19. The number of hydrogen-bond donors (Lipinski definition) is 5. The van der Waals surface area contributed by atoms with Crippen molar-refractivity contribution in [3.05, 3.63) is 0 Å². The van der Waals surface area contributed by atoms with Crippen LogP contribution < -0.4 is 22.5 Å². The Morgan fingerprint density at radius 2 is 2.00 bits per heavy atom. The van der Waals surface area contributed by atoms with Gasteiger partial charge in [-0.1, -0.05) is 0 Å². The number of nitrogens with two attached hydrogens (primary N) is 3. The van der Waals surface area contributed by atoms with Crippen LogP contribution in [0.5, 0.6) is 0 Å². The van der Waals surface area contributed by atoms with Crippen LogP contribution in [0.15, 0.2) is 0 Å². The van der Waals surface area contributed by atoms with Gasteiger partial charge in [0.25, 0.3) is 0 Å². The van der Waals surface area contributed by atoms with E-state index in [0.717, 1.165) is 0 Å². The fraction of sp³-hybridized carbons (Fsp3) is 0.800. The van der Waals surface area contributed by atoms with Crippen LogP contribution in [0.2, 0.25) is 0 Å². The fourth-order valence-corrected chi connectivity index (χ4v) is 0.590. The van der Waals surface area contributed by atoms with Crippen LogP contribution in [0.4, 0.5) is 4.79 Å². The second-order valence-corrected chi connectivity index (χ2v) is 2.45. The predicted octanol–water partition coefficient (Wildman–Crippen LogP) is -1.44. The Morgan fingerprint density at radius 3 is 2.36 bits per heavy atom. The Balaban J connectivity index is 3.22. The number of rotatable bonds is 4. The molecule has 0 aliphatic carbocycles. The Labute approximate surface area is 64.7 Å². The molecule has 0 saturated carbocycles. The zero-order chi connectivity index (χ0) is 8.91. The maximum atomic E-state index is 9.92. The summed E-state index contributed by atoms with van der Waals surface area (Å²) in [5.41, 5.74) is 15.7. The lowest BCUT2D eigenvalue weighted by molar-refractivity contribution is 0.194. The monoisotopic (exact) mass is 162 g/mol. The number of hydrogen-bond acceptors (Lipinski definition) is 4. The van der Waals surface area contributed by atoms with Crippen molar-refractivity contribution in [1.29, 1.82) is 0 Å². The van der Waals surface area contributed by atoms with Gasteiger partial charge in [-0.15, -0.1) is 0 Å². The summed E-state index contributed by atoms with van der Waals surface area (Å²) >= 11 is 0. The maximum Gasteiger partial charge on any atom is 0.404 e. The summed E-state index contributed by atoms with van der Waals surface area (Å²) in [6.07, 6.45) is -0.134. The van der Waals surface area contributed by atoms with Crippen molar-refractivity contribution in [3.8, 4) is 0 Å². The van der Waals surface area contributed by atoms with E-state index >= 15 is 0 Å². The highest BCUT2D eigenvalue weighted by Gasteiger charge is 2.10. The van der Waals surface area contributed by atoms with Crippen LogP contribution >= 0.6 is 0 Å². The van der Waals surface area contributed by atoms with Crippen LogP contribution in [0, 0.1) is 0 Å².